The fourth-order valence-electron chi connectivity index (χ4n) is 4.66. The topological polar surface area (TPSA) is 75.1 Å². The number of hydrogen-bond donors (Lipinski definition) is 2. The molecule has 0 atom stereocenters. The number of benzene rings is 1. The third-order valence-corrected chi connectivity index (χ3v) is 7.82. The molecule has 5 nitrogen and oxygen atoms in total. The van der Waals surface area contributed by atoms with E-state index in [1.165, 1.54) is 30.7 Å². The van der Waals surface area contributed by atoms with E-state index < -0.39 is 5.60 Å². The lowest BCUT2D eigenvalue weighted by Crippen LogP contribution is -2.21. The molecular formula is C26H33N3O2S. The van der Waals surface area contributed by atoms with Crippen molar-refractivity contribution < 1.29 is 9.90 Å². The molecule has 0 unspecified atom stereocenters. The number of hydrogen-bond acceptors (Lipinski definition) is 5. The van der Waals surface area contributed by atoms with Crippen molar-refractivity contribution in [2.45, 2.75) is 71.8 Å². The van der Waals surface area contributed by atoms with Crippen molar-refractivity contribution in [3.63, 3.8) is 0 Å². The summed E-state index contributed by atoms with van der Waals surface area (Å²) in [6, 6.07) is 9.26. The van der Waals surface area contributed by atoms with E-state index >= 15 is 0 Å². The summed E-state index contributed by atoms with van der Waals surface area (Å²) in [4.78, 5) is 22.1. The molecular weight excluding hydrogens is 418 g/mol. The van der Waals surface area contributed by atoms with Crippen molar-refractivity contribution in [3.8, 4) is 0 Å². The molecule has 1 saturated carbocycles. The van der Waals surface area contributed by atoms with Gasteiger partial charge in [-0.1, -0.05) is 19.9 Å². The maximum Gasteiger partial charge on any atom is 0.274 e. The molecule has 170 valence electrons. The SMILES string of the molecule is Cc1cccc(C(=O)Nc2cc3sc(C4CCC(C(C)C)CC4)nc3cc2C(C)(C)O)n1. The summed E-state index contributed by atoms with van der Waals surface area (Å²) >= 11 is 1.71. The summed E-state index contributed by atoms with van der Waals surface area (Å²) < 4.78 is 1.03. The smallest absolute Gasteiger partial charge is 0.274 e. The molecule has 0 bridgehead atoms. The van der Waals surface area contributed by atoms with Crippen LogP contribution in [0.15, 0.2) is 30.3 Å². The number of nitrogens with zero attached hydrogens (tertiary/aromatic N) is 2. The number of fused-ring (bicyclic) bond motifs is 1. The Morgan fingerprint density at radius 2 is 1.88 bits per heavy atom. The molecule has 2 aromatic heterocycles. The number of aromatic nitrogens is 2. The van der Waals surface area contributed by atoms with Gasteiger partial charge < -0.3 is 10.4 Å². The number of pyridine rings is 1. The molecule has 4 rings (SSSR count). The second-order valence-electron chi connectivity index (χ2n) is 9.95. The molecule has 1 aromatic carbocycles. The average molecular weight is 452 g/mol. The lowest BCUT2D eigenvalue weighted by Gasteiger charge is -2.29. The number of carbonyl (C=O) groups excluding carboxylic acids is 1. The van der Waals surface area contributed by atoms with Gasteiger partial charge in [-0.2, -0.15) is 0 Å². The van der Waals surface area contributed by atoms with E-state index in [1.807, 2.05) is 31.2 Å². The van der Waals surface area contributed by atoms with E-state index in [-0.39, 0.29) is 5.91 Å². The molecule has 2 N–H and O–H groups in total. The van der Waals surface area contributed by atoms with E-state index in [4.69, 9.17) is 4.98 Å². The van der Waals surface area contributed by atoms with Crippen LogP contribution in [0.4, 0.5) is 5.69 Å². The number of anilines is 1. The predicted octanol–water partition coefficient (Wildman–Crippen LogP) is 6.41. The Labute approximate surface area is 194 Å². The van der Waals surface area contributed by atoms with Gasteiger partial charge in [-0.3, -0.25) is 4.79 Å². The van der Waals surface area contributed by atoms with Crippen LogP contribution in [0.3, 0.4) is 0 Å². The number of aliphatic hydroxyl groups is 1. The lowest BCUT2D eigenvalue weighted by atomic mass is 9.77. The maximum absolute atomic E-state index is 12.9. The monoisotopic (exact) mass is 451 g/mol. The highest BCUT2D eigenvalue weighted by Crippen LogP contribution is 2.42. The number of carbonyl (C=O) groups is 1. The van der Waals surface area contributed by atoms with E-state index in [0.717, 1.165) is 27.7 Å². The van der Waals surface area contributed by atoms with Crippen molar-refractivity contribution in [3.05, 3.63) is 52.3 Å². The van der Waals surface area contributed by atoms with Gasteiger partial charge in [0.1, 0.15) is 5.69 Å². The minimum Gasteiger partial charge on any atom is -0.386 e. The van der Waals surface area contributed by atoms with Crippen LogP contribution in [-0.2, 0) is 5.60 Å². The van der Waals surface area contributed by atoms with E-state index in [1.54, 1.807) is 31.3 Å². The van der Waals surface area contributed by atoms with Crippen LogP contribution >= 0.6 is 11.3 Å². The fraction of sp³-hybridized carbons (Fsp3) is 0.500. The van der Waals surface area contributed by atoms with Crippen LogP contribution in [0.1, 0.15) is 86.0 Å². The van der Waals surface area contributed by atoms with Gasteiger partial charge in [0.25, 0.3) is 5.91 Å². The molecule has 2 heterocycles. The number of rotatable bonds is 5. The maximum atomic E-state index is 12.9. The highest BCUT2D eigenvalue weighted by atomic mass is 32.1. The number of nitrogens with one attached hydrogen (secondary N) is 1. The van der Waals surface area contributed by atoms with Crippen molar-refractivity contribution in [2.24, 2.45) is 11.8 Å². The molecule has 1 aliphatic rings. The van der Waals surface area contributed by atoms with Crippen LogP contribution in [0.25, 0.3) is 10.2 Å². The Bertz CT molecular complexity index is 1120. The first-order chi connectivity index (χ1) is 15.1. The molecule has 1 amide bonds. The zero-order valence-corrected chi connectivity index (χ0v) is 20.4. The van der Waals surface area contributed by atoms with Gasteiger partial charge in [0, 0.05) is 22.9 Å². The number of aryl methyl sites for hydroxylation is 1. The normalized spacial score (nSPS) is 19.5. The molecule has 32 heavy (non-hydrogen) atoms. The van der Waals surface area contributed by atoms with Crippen LogP contribution < -0.4 is 5.32 Å². The van der Waals surface area contributed by atoms with Crippen LogP contribution in [0.2, 0.25) is 0 Å². The average Bonchev–Trinajstić information content (AvgIpc) is 3.15. The Morgan fingerprint density at radius 1 is 1.16 bits per heavy atom. The van der Waals surface area contributed by atoms with Gasteiger partial charge in [0.2, 0.25) is 0 Å². The summed E-state index contributed by atoms with van der Waals surface area (Å²) in [6.45, 7) is 9.97. The third kappa shape index (κ3) is 4.86. The molecule has 0 saturated heterocycles. The Morgan fingerprint density at radius 3 is 2.50 bits per heavy atom. The van der Waals surface area contributed by atoms with E-state index in [2.05, 4.69) is 24.1 Å². The molecule has 0 spiro atoms. The molecule has 0 aliphatic heterocycles. The van der Waals surface area contributed by atoms with Crippen molar-refractivity contribution >= 4 is 33.1 Å². The van der Waals surface area contributed by atoms with Crippen LogP contribution in [0.5, 0.6) is 0 Å². The third-order valence-electron chi connectivity index (χ3n) is 6.64. The molecule has 6 heteroatoms. The second kappa shape index (κ2) is 8.91. The van der Waals surface area contributed by atoms with Gasteiger partial charge in [0.05, 0.1) is 20.8 Å². The van der Waals surface area contributed by atoms with E-state index in [9.17, 15) is 9.90 Å². The van der Waals surface area contributed by atoms with Gasteiger partial charge in [-0.05, 0) is 82.6 Å². The Hall–Kier alpha value is -2.31. The van der Waals surface area contributed by atoms with Gasteiger partial charge >= 0.3 is 0 Å². The first-order valence-electron chi connectivity index (χ1n) is 11.5. The standard InChI is InChI=1S/C26H33N3O2S/c1-15(2)17-9-11-18(12-10-17)25-29-22-13-19(26(4,5)31)21(14-23(22)32-25)28-24(30)20-8-6-7-16(3)27-20/h6-8,13-15,17-18,31H,9-12H2,1-5H3,(H,28,30). The summed E-state index contributed by atoms with van der Waals surface area (Å²) in [7, 11) is 0. The largest absolute Gasteiger partial charge is 0.386 e. The molecule has 0 radical (unpaired) electrons. The Kier molecular flexibility index (Phi) is 6.37. The quantitative estimate of drug-likeness (QED) is 0.470. The first-order valence-corrected chi connectivity index (χ1v) is 12.4. The highest BCUT2D eigenvalue weighted by Gasteiger charge is 2.28. The number of amides is 1. The minimum absolute atomic E-state index is 0.282. The molecule has 1 aliphatic carbocycles. The predicted molar refractivity (Wildman–Crippen MR) is 131 cm³/mol. The zero-order chi connectivity index (χ0) is 23.0. The fourth-order valence-corrected chi connectivity index (χ4v) is 5.82. The Balaban J connectivity index is 1.64. The molecule has 3 aromatic rings. The molecule has 1 fully saturated rings. The van der Waals surface area contributed by atoms with Gasteiger partial charge in [-0.25, -0.2) is 9.97 Å². The summed E-state index contributed by atoms with van der Waals surface area (Å²) in [5.74, 6) is 1.78. The van der Waals surface area contributed by atoms with Crippen LogP contribution in [-0.4, -0.2) is 21.0 Å². The van der Waals surface area contributed by atoms with Gasteiger partial charge in [-0.15, -0.1) is 11.3 Å². The second-order valence-corrected chi connectivity index (χ2v) is 11.0. The zero-order valence-electron chi connectivity index (χ0n) is 19.6. The number of thiazole rings is 1. The highest BCUT2D eigenvalue weighted by molar-refractivity contribution is 7.18. The van der Waals surface area contributed by atoms with Crippen molar-refractivity contribution in [2.75, 3.05) is 5.32 Å². The summed E-state index contributed by atoms with van der Waals surface area (Å²) in [6.07, 6.45) is 4.89. The summed E-state index contributed by atoms with van der Waals surface area (Å²) in [5, 5.41) is 15.0. The van der Waals surface area contributed by atoms with E-state index in [0.29, 0.717) is 22.9 Å². The van der Waals surface area contributed by atoms with Gasteiger partial charge in [0.15, 0.2) is 0 Å². The van der Waals surface area contributed by atoms with Crippen LogP contribution in [0, 0.1) is 18.8 Å². The van der Waals surface area contributed by atoms with Crippen molar-refractivity contribution in [1.29, 1.82) is 0 Å². The lowest BCUT2D eigenvalue weighted by molar-refractivity contribution is 0.0794. The first kappa shape index (κ1) is 22.9. The minimum atomic E-state index is -1.12. The van der Waals surface area contributed by atoms with Crippen molar-refractivity contribution in [1.82, 2.24) is 9.97 Å². The summed E-state index contributed by atoms with van der Waals surface area (Å²) in [5.41, 5.74) is 2.19.